The molecule has 1 N–H and O–H groups in total. The van der Waals surface area contributed by atoms with E-state index in [4.69, 9.17) is 0 Å². The monoisotopic (exact) mass is 293 g/mol. The Labute approximate surface area is 132 Å². The average molecular weight is 293 g/mol. The first-order valence-corrected chi connectivity index (χ1v) is 7.91. The summed E-state index contributed by atoms with van der Waals surface area (Å²) in [4.78, 5) is 2.20. The summed E-state index contributed by atoms with van der Waals surface area (Å²) >= 11 is 0. The third-order valence-electron chi connectivity index (χ3n) is 4.32. The minimum absolute atomic E-state index is 0.420. The Morgan fingerprint density at radius 1 is 1.00 bits per heavy atom. The third-order valence-corrected chi connectivity index (χ3v) is 4.32. The van der Waals surface area contributed by atoms with Crippen LogP contribution in [0.1, 0.15) is 28.7 Å². The fourth-order valence-corrected chi connectivity index (χ4v) is 3.18. The van der Waals surface area contributed by atoms with Gasteiger partial charge >= 0.3 is 0 Å². The standard InChI is InChI=1S/C20H23NO/c1-21(2)14-6-10-17-16-8-4-3-7-15(16)12-13-19-18(17)9-5-11-20(19)22/h3-5,7-11,22H,6,12-14H2,1-2H3. The summed E-state index contributed by atoms with van der Waals surface area (Å²) in [6, 6.07) is 14.5. The van der Waals surface area contributed by atoms with Crippen molar-refractivity contribution in [3.63, 3.8) is 0 Å². The topological polar surface area (TPSA) is 23.5 Å². The molecule has 1 aliphatic rings. The highest BCUT2D eigenvalue weighted by Gasteiger charge is 2.19. The summed E-state index contributed by atoms with van der Waals surface area (Å²) in [6.45, 7) is 1.03. The molecule has 0 fully saturated rings. The molecule has 0 amide bonds. The lowest BCUT2D eigenvalue weighted by Gasteiger charge is -2.14. The van der Waals surface area contributed by atoms with Gasteiger partial charge in [0, 0.05) is 12.1 Å². The van der Waals surface area contributed by atoms with Crippen molar-refractivity contribution in [1.29, 1.82) is 0 Å². The van der Waals surface area contributed by atoms with Gasteiger partial charge in [-0.25, -0.2) is 0 Å². The van der Waals surface area contributed by atoms with Gasteiger partial charge < -0.3 is 10.0 Å². The molecule has 2 aromatic carbocycles. The Bertz CT molecular complexity index is 701. The van der Waals surface area contributed by atoms with Crippen LogP contribution >= 0.6 is 0 Å². The Hall–Kier alpha value is -2.06. The minimum Gasteiger partial charge on any atom is -0.508 e. The largest absolute Gasteiger partial charge is 0.508 e. The first-order chi connectivity index (χ1) is 10.7. The summed E-state index contributed by atoms with van der Waals surface area (Å²) in [5, 5.41) is 10.3. The molecular formula is C20H23NO. The summed E-state index contributed by atoms with van der Waals surface area (Å²) in [7, 11) is 4.19. The highest BCUT2D eigenvalue weighted by Crippen LogP contribution is 2.37. The second-order valence-corrected chi connectivity index (χ2v) is 6.17. The first kappa shape index (κ1) is 14.9. The number of hydrogen-bond acceptors (Lipinski definition) is 2. The zero-order valence-corrected chi connectivity index (χ0v) is 13.3. The number of aromatic hydroxyl groups is 1. The summed E-state index contributed by atoms with van der Waals surface area (Å²) in [5.74, 6) is 0.420. The van der Waals surface area contributed by atoms with Crippen LogP contribution in [0.4, 0.5) is 0 Å². The van der Waals surface area contributed by atoms with E-state index in [0.717, 1.165) is 31.4 Å². The van der Waals surface area contributed by atoms with Gasteiger partial charge in [-0.05, 0) is 61.7 Å². The second kappa shape index (κ2) is 6.37. The van der Waals surface area contributed by atoms with E-state index in [1.54, 1.807) is 6.07 Å². The predicted octanol–water partition coefficient (Wildman–Crippen LogP) is 3.87. The molecule has 1 aliphatic carbocycles. The van der Waals surface area contributed by atoms with Crippen molar-refractivity contribution < 1.29 is 5.11 Å². The van der Waals surface area contributed by atoms with Crippen molar-refractivity contribution >= 4 is 5.57 Å². The van der Waals surface area contributed by atoms with Crippen LogP contribution < -0.4 is 0 Å². The maximum atomic E-state index is 10.3. The van der Waals surface area contributed by atoms with Crippen molar-refractivity contribution in [2.75, 3.05) is 20.6 Å². The molecule has 2 heteroatoms. The molecule has 0 saturated carbocycles. The number of rotatable bonds is 3. The number of nitrogens with zero attached hydrogens (tertiary/aromatic N) is 1. The van der Waals surface area contributed by atoms with Gasteiger partial charge in [0.1, 0.15) is 5.75 Å². The van der Waals surface area contributed by atoms with Crippen LogP contribution in [0.15, 0.2) is 48.5 Å². The van der Waals surface area contributed by atoms with Gasteiger partial charge in [-0.3, -0.25) is 0 Å². The molecule has 0 spiro atoms. The van der Waals surface area contributed by atoms with Gasteiger partial charge in [0.2, 0.25) is 0 Å². The van der Waals surface area contributed by atoms with Crippen molar-refractivity contribution in [2.24, 2.45) is 0 Å². The zero-order valence-electron chi connectivity index (χ0n) is 13.3. The van der Waals surface area contributed by atoms with Crippen LogP contribution in [-0.4, -0.2) is 30.6 Å². The number of fused-ring (bicyclic) bond motifs is 2. The summed E-state index contributed by atoms with van der Waals surface area (Å²) < 4.78 is 0. The van der Waals surface area contributed by atoms with Crippen LogP contribution in [0.5, 0.6) is 5.75 Å². The third kappa shape index (κ3) is 2.93. The van der Waals surface area contributed by atoms with Crippen molar-refractivity contribution in [1.82, 2.24) is 4.90 Å². The van der Waals surface area contributed by atoms with Crippen molar-refractivity contribution in [2.45, 2.75) is 19.3 Å². The van der Waals surface area contributed by atoms with Gasteiger partial charge in [-0.1, -0.05) is 42.5 Å². The van der Waals surface area contributed by atoms with Crippen LogP contribution in [0.3, 0.4) is 0 Å². The number of aryl methyl sites for hydroxylation is 1. The molecule has 2 nitrogen and oxygen atoms in total. The van der Waals surface area contributed by atoms with Crippen molar-refractivity contribution in [3.8, 4) is 5.75 Å². The molecule has 0 saturated heterocycles. The lowest BCUT2D eigenvalue weighted by Crippen LogP contribution is -2.12. The fraction of sp³-hybridized carbons (Fsp3) is 0.300. The number of hydrogen-bond donors (Lipinski definition) is 1. The molecule has 22 heavy (non-hydrogen) atoms. The van der Waals surface area contributed by atoms with Crippen LogP contribution in [0.2, 0.25) is 0 Å². The quantitative estimate of drug-likeness (QED) is 0.928. The minimum atomic E-state index is 0.420. The van der Waals surface area contributed by atoms with E-state index in [0.29, 0.717) is 5.75 Å². The van der Waals surface area contributed by atoms with Gasteiger partial charge in [0.15, 0.2) is 0 Å². The van der Waals surface area contributed by atoms with Crippen LogP contribution in [0, 0.1) is 0 Å². The molecule has 114 valence electrons. The Balaban J connectivity index is 2.11. The molecule has 0 radical (unpaired) electrons. The summed E-state index contributed by atoms with van der Waals surface area (Å²) in [6.07, 6.45) is 5.20. The second-order valence-electron chi connectivity index (χ2n) is 6.17. The van der Waals surface area contributed by atoms with E-state index >= 15 is 0 Å². The van der Waals surface area contributed by atoms with E-state index in [1.165, 1.54) is 22.3 Å². The average Bonchev–Trinajstić information content (AvgIpc) is 2.66. The van der Waals surface area contributed by atoms with E-state index < -0.39 is 0 Å². The number of phenolic OH excluding ortho intramolecular Hbond substituents is 1. The van der Waals surface area contributed by atoms with E-state index in [1.807, 2.05) is 6.07 Å². The van der Waals surface area contributed by atoms with Crippen LogP contribution in [-0.2, 0) is 12.8 Å². The molecule has 0 atom stereocenters. The normalized spacial score (nSPS) is 15.5. The highest BCUT2D eigenvalue weighted by molar-refractivity contribution is 5.84. The molecule has 2 aromatic rings. The molecule has 0 aliphatic heterocycles. The lowest BCUT2D eigenvalue weighted by molar-refractivity contribution is 0.417. The smallest absolute Gasteiger partial charge is 0.119 e. The maximum absolute atomic E-state index is 10.3. The van der Waals surface area contributed by atoms with Gasteiger partial charge in [0.05, 0.1) is 0 Å². The molecule has 0 unspecified atom stereocenters. The zero-order chi connectivity index (χ0) is 15.5. The van der Waals surface area contributed by atoms with E-state index in [-0.39, 0.29) is 0 Å². The Morgan fingerprint density at radius 2 is 1.77 bits per heavy atom. The van der Waals surface area contributed by atoms with Crippen molar-refractivity contribution in [3.05, 3.63) is 70.8 Å². The SMILES string of the molecule is CN(C)CCC=C1c2ccccc2CCc2c(O)cccc21. The van der Waals surface area contributed by atoms with E-state index in [9.17, 15) is 5.11 Å². The van der Waals surface area contributed by atoms with Crippen LogP contribution in [0.25, 0.3) is 5.57 Å². The maximum Gasteiger partial charge on any atom is 0.119 e. The molecule has 0 bridgehead atoms. The molecule has 0 heterocycles. The molecule has 0 aromatic heterocycles. The first-order valence-electron chi connectivity index (χ1n) is 7.91. The van der Waals surface area contributed by atoms with E-state index in [2.05, 4.69) is 55.4 Å². The number of phenols is 1. The Kier molecular flexibility index (Phi) is 4.30. The van der Waals surface area contributed by atoms with Gasteiger partial charge in [-0.15, -0.1) is 0 Å². The number of benzene rings is 2. The molecular weight excluding hydrogens is 270 g/mol. The fourth-order valence-electron chi connectivity index (χ4n) is 3.18. The molecule has 3 rings (SSSR count). The van der Waals surface area contributed by atoms with Gasteiger partial charge in [0.25, 0.3) is 0 Å². The highest BCUT2D eigenvalue weighted by atomic mass is 16.3. The summed E-state index contributed by atoms with van der Waals surface area (Å²) in [5.41, 5.74) is 6.21. The van der Waals surface area contributed by atoms with Gasteiger partial charge in [-0.2, -0.15) is 0 Å². The lowest BCUT2D eigenvalue weighted by atomic mass is 9.93. The predicted molar refractivity (Wildman–Crippen MR) is 92.2 cm³/mol. The Morgan fingerprint density at radius 3 is 2.59 bits per heavy atom.